The van der Waals surface area contributed by atoms with Crippen molar-refractivity contribution in [3.8, 4) is 0 Å². The number of piperidine rings is 1. The molecule has 2 aromatic rings. The largest absolute Gasteiger partial charge is 0.477 e. The summed E-state index contributed by atoms with van der Waals surface area (Å²) >= 11 is 13.3. The maximum absolute atomic E-state index is 12.7. The van der Waals surface area contributed by atoms with Gasteiger partial charge in [0.05, 0.1) is 22.3 Å². The molecule has 7 nitrogen and oxygen atoms in total. The molecular formula is C17H19Cl2N3O4S. The summed E-state index contributed by atoms with van der Waals surface area (Å²) < 4.78 is 5.60. The van der Waals surface area contributed by atoms with Gasteiger partial charge >= 0.3 is 5.97 Å². The number of aromatic amines is 1. The van der Waals surface area contributed by atoms with Crippen molar-refractivity contribution in [3.63, 3.8) is 0 Å². The summed E-state index contributed by atoms with van der Waals surface area (Å²) in [6, 6.07) is 0. The average molecular weight is 432 g/mol. The second kappa shape index (κ2) is 8.18. The van der Waals surface area contributed by atoms with E-state index in [1.54, 1.807) is 14.0 Å². The Hall–Kier alpha value is -1.61. The molecule has 2 atom stereocenters. The number of methoxy groups -OCH3 is 1. The van der Waals surface area contributed by atoms with Gasteiger partial charge in [-0.05, 0) is 19.3 Å². The number of Topliss-reactive ketones (excluding diaryl/α,β-unsaturated/α-hetero) is 1. The molecule has 0 saturated carbocycles. The van der Waals surface area contributed by atoms with Gasteiger partial charge < -0.3 is 19.7 Å². The standard InChI is InChI=1S/C17H19Cl2N3O4S/c1-8-13(18)14(19)15(21-8)10(23)5-9-3-4-22(7-11(9)26-2)17-20-6-12(27-17)16(24)25/h6,9,11,21H,3-5,7H2,1-2H3,(H,24,25). The minimum Gasteiger partial charge on any atom is -0.477 e. The van der Waals surface area contributed by atoms with Gasteiger partial charge in [0.25, 0.3) is 0 Å². The Kier molecular flexibility index (Phi) is 6.10. The molecule has 2 N–H and O–H groups in total. The molecule has 1 aliphatic heterocycles. The maximum atomic E-state index is 12.7. The fraction of sp³-hybridized carbons (Fsp3) is 0.471. The van der Waals surface area contributed by atoms with Crippen LogP contribution in [0.3, 0.4) is 0 Å². The van der Waals surface area contributed by atoms with Crippen LogP contribution < -0.4 is 4.90 Å². The normalized spacial score (nSPS) is 20.1. The number of nitrogens with zero attached hydrogens (tertiary/aromatic N) is 2. The number of aryl methyl sites for hydroxylation is 1. The Bertz CT molecular complexity index is 866. The second-order valence-corrected chi connectivity index (χ2v) is 8.23. The van der Waals surface area contributed by atoms with E-state index in [1.165, 1.54) is 6.20 Å². The Morgan fingerprint density at radius 3 is 2.74 bits per heavy atom. The first-order valence-electron chi connectivity index (χ1n) is 8.35. The number of carbonyl (C=O) groups is 2. The molecule has 0 amide bonds. The first-order chi connectivity index (χ1) is 12.8. The van der Waals surface area contributed by atoms with Crippen molar-refractivity contribution >= 4 is 51.4 Å². The molecule has 2 unspecified atom stereocenters. The van der Waals surface area contributed by atoms with Crippen molar-refractivity contribution in [3.05, 3.63) is 32.5 Å². The maximum Gasteiger partial charge on any atom is 0.347 e. The molecule has 1 aliphatic rings. The highest BCUT2D eigenvalue weighted by Gasteiger charge is 2.33. The first-order valence-corrected chi connectivity index (χ1v) is 9.92. The van der Waals surface area contributed by atoms with E-state index < -0.39 is 5.97 Å². The van der Waals surface area contributed by atoms with Crippen LogP contribution in [0, 0.1) is 12.8 Å². The number of hydrogen-bond donors (Lipinski definition) is 2. The minimum absolute atomic E-state index is 0.0242. The van der Waals surface area contributed by atoms with E-state index in [0.29, 0.717) is 41.1 Å². The number of H-pyrrole nitrogens is 1. The zero-order chi connectivity index (χ0) is 19.7. The van der Waals surface area contributed by atoms with E-state index in [9.17, 15) is 9.59 Å². The molecule has 0 bridgehead atoms. The molecule has 3 rings (SSSR count). The lowest BCUT2D eigenvalue weighted by Gasteiger charge is -2.37. The summed E-state index contributed by atoms with van der Waals surface area (Å²) in [6.07, 6.45) is 2.20. The van der Waals surface area contributed by atoms with Crippen LogP contribution in [-0.2, 0) is 4.74 Å². The summed E-state index contributed by atoms with van der Waals surface area (Å²) in [6.45, 7) is 2.97. The summed E-state index contributed by atoms with van der Waals surface area (Å²) in [5.74, 6) is -1.06. The fourth-order valence-electron chi connectivity index (χ4n) is 3.25. The van der Waals surface area contributed by atoms with E-state index in [0.717, 1.165) is 17.8 Å². The third-order valence-electron chi connectivity index (χ3n) is 4.75. The highest BCUT2D eigenvalue weighted by Crippen LogP contribution is 2.33. The molecule has 0 aromatic carbocycles. The molecule has 146 valence electrons. The number of ether oxygens (including phenoxy) is 1. The number of aromatic nitrogens is 2. The van der Waals surface area contributed by atoms with Crippen LogP contribution >= 0.6 is 34.5 Å². The van der Waals surface area contributed by atoms with Gasteiger partial charge in [0.15, 0.2) is 10.9 Å². The predicted octanol–water partition coefficient (Wildman–Crippen LogP) is 3.90. The van der Waals surface area contributed by atoms with Crippen LogP contribution in [0.15, 0.2) is 6.20 Å². The Labute approximate surface area is 170 Å². The van der Waals surface area contributed by atoms with Gasteiger partial charge in [-0.15, -0.1) is 0 Å². The molecule has 0 aliphatic carbocycles. The zero-order valence-electron chi connectivity index (χ0n) is 14.8. The first kappa shape index (κ1) is 20.1. The number of ketones is 1. The number of halogens is 2. The van der Waals surface area contributed by atoms with Crippen LogP contribution in [0.2, 0.25) is 10.0 Å². The molecule has 1 saturated heterocycles. The van der Waals surface area contributed by atoms with Gasteiger partial charge in [-0.3, -0.25) is 4.79 Å². The summed E-state index contributed by atoms with van der Waals surface area (Å²) in [7, 11) is 1.61. The number of carbonyl (C=O) groups excluding carboxylic acids is 1. The second-order valence-electron chi connectivity index (χ2n) is 6.46. The van der Waals surface area contributed by atoms with Crippen LogP contribution in [0.1, 0.15) is 38.7 Å². The van der Waals surface area contributed by atoms with Gasteiger partial charge in [0.1, 0.15) is 10.6 Å². The number of aromatic carboxylic acids is 1. The molecule has 27 heavy (non-hydrogen) atoms. The summed E-state index contributed by atoms with van der Waals surface area (Å²) in [5.41, 5.74) is 1.00. The van der Waals surface area contributed by atoms with E-state index >= 15 is 0 Å². The topological polar surface area (TPSA) is 95.5 Å². The lowest BCUT2D eigenvalue weighted by atomic mass is 9.88. The number of hydrogen-bond acceptors (Lipinski definition) is 6. The van der Waals surface area contributed by atoms with Crippen molar-refractivity contribution in [1.29, 1.82) is 0 Å². The Balaban J connectivity index is 1.68. The van der Waals surface area contributed by atoms with Gasteiger partial charge in [0, 0.05) is 32.3 Å². The lowest BCUT2D eigenvalue weighted by Crippen LogP contribution is -2.45. The smallest absolute Gasteiger partial charge is 0.347 e. The highest BCUT2D eigenvalue weighted by atomic mass is 35.5. The van der Waals surface area contributed by atoms with Crippen molar-refractivity contribution in [1.82, 2.24) is 9.97 Å². The minimum atomic E-state index is -0.987. The average Bonchev–Trinajstić information content (AvgIpc) is 3.23. The molecule has 3 heterocycles. The van der Waals surface area contributed by atoms with E-state index in [-0.39, 0.29) is 27.7 Å². The number of carboxylic acids is 1. The zero-order valence-corrected chi connectivity index (χ0v) is 17.1. The quantitative estimate of drug-likeness (QED) is 0.673. The predicted molar refractivity (Wildman–Crippen MR) is 105 cm³/mol. The molecule has 1 fully saturated rings. The van der Waals surface area contributed by atoms with Gasteiger partial charge in [-0.1, -0.05) is 34.5 Å². The molecule has 10 heteroatoms. The third kappa shape index (κ3) is 4.13. The third-order valence-corrected chi connectivity index (χ3v) is 6.75. The molecular weight excluding hydrogens is 413 g/mol. The lowest BCUT2D eigenvalue weighted by molar-refractivity contribution is 0.0375. The van der Waals surface area contributed by atoms with Crippen LogP contribution in [0.5, 0.6) is 0 Å². The monoisotopic (exact) mass is 431 g/mol. The van der Waals surface area contributed by atoms with Crippen molar-refractivity contribution < 1.29 is 19.4 Å². The van der Waals surface area contributed by atoms with Gasteiger partial charge in [-0.2, -0.15) is 0 Å². The number of nitrogens with one attached hydrogen (secondary N) is 1. The SMILES string of the molecule is COC1CN(c2ncc(C(=O)O)s2)CCC1CC(=O)c1[nH]c(C)c(Cl)c1Cl. The fourth-order valence-corrected chi connectivity index (χ4v) is 4.48. The number of thiazole rings is 1. The molecule has 0 radical (unpaired) electrons. The van der Waals surface area contributed by atoms with Crippen molar-refractivity contribution in [2.24, 2.45) is 5.92 Å². The van der Waals surface area contributed by atoms with E-state index in [4.69, 9.17) is 33.0 Å². The summed E-state index contributed by atoms with van der Waals surface area (Å²) in [4.78, 5) is 33.1. The number of carboxylic acid groups (broad SMARTS) is 1. The van der Waals surface area contributed by atoms with Crippen LogP contribution in [0.4, 0.5) is 5.13 Å². The Morgan fingerprint density at radius 2 is 2.19 bits per heavy atom. The van der Waals surface area contributed by atoms with Crippen LogP contribution in [0.25, 0.3) is 0 Å². The van der Waals surface area contributed by atoms with E-state index in [2.05, 4.69) is 9.97 Å². The van der Waals surface area contributed by atoms with Crippen molar-refractivity contribution in [2.45, 2.75) is 25.9 Å². The molecule has 2 aromatic heterocycles. The highest BCUT2D eigenvalue weighted by molar-refractivity contribution is 7.17. The van der Waals surface area contributed by atoms with Crippen molar-refractivity contribution in [2.75, 3.05) is 25.1 Å². The number of anilines is 1. The number of rotatable bonds is 6. The van der Waals surface area contributed by atoms with Gasteiger partial charge in [-0.25, -0.2) is 9.78 Å². The summed E-state index contributed by atoms with van der Waals surface area (Å²) in [5, 5.41) is 10.3. The molecule has 0 spiro atoms. The Morgan fingerprint density at radius 1 is 1.44 bits per heavy atom. The van der Waals surface area contributed by atoms with Gasteiger partial charge in [0.2, 0.25) is 0 Å². The van der Waals surface area contributed by atoms with Crippen LogP contribution in [-0.4, -0.2) is 53.1 Å². The van der Waals surface area contributed by atoms with E-state index in [1.807, 2.05) is 4.90 Å².